The molecule has 1 aromatic carbocycles. The van der Waals surface area contributed by atoms with Crippen molar-refractivity contribution in [2.75, 3.05) is 24.6 Å². The Morgan fingerprint density at radius 2 is 2.06 bits per heavy atom. The third-order valence-electron chi connectivity index (χ3n) is 5.38. The summed E-state index contributed by atoms with van der Waals surface area (Å²) in [4.78, 5) is 28.0. The van der Waals surface area contributed by atoms with Crippen molar-refractivity contribution in [2.45, 2.75) is 32.3 Å². The van der Waals surface area contributed by atoms with Crippen LogP contribution in [0.2, 0.25) is 0 Å². The molecule has 160 valence electrons. The van der Waals surface area contributed by atoms with Gasteiger partial charge in [-0.15, -0.1) is 0 Å². The zero-order chi connectivity index (χ0) is 21.6. The molecule has 0 amide bonds. The van der Waals surface area contributed by atoms with Crippen LogP contribution in [0.15, 0.2) is 66.4 Å². The minimum absolute atomic E-state index is 0.0932. The number of rotatable bonds is 7. The van der Waals surface area contributed by atoms with E-state index in [2.05, 4.69) is 45.7 Å². The summed E-state index contributed by atoms with van der Waals surface area (Å²) < 4.78 is 7.58. The topological polar surface area (TPSA) is 73.1 Å². The molecule has 1 fully saturated rings. The molecule has 0 saturated carbocycles. The number of aryl methyl sites for hydroxylation is 1. The number of hydrogen-bond donors (Lipinski definition) is 0. The number of hydrogen-bond acceptors (Lipinski definition) is 6. The zero-order valence-electron chi connectivity index (χ0n) is 17.8. The van der Waals surface area contributed by atoms with Crippen LogP contribution in [0.25, 0.3) is 17.1 Å². The highest BCUT2D eigenvalue weighted by atomic mass is 16.5. The van der Waals surface area contributed by atoms with E-state index in [-0.39, 0.29) is 11.7 Å². The van der Waals surface area contributed by atoms with E-state index in [1.54, 1.807) is 16.8 Å². The Balaban J connectivity index is 1.53. The van der Waals surface area contributed by atoms with E-state index in [4.69, 9.17) is 9.72 Å². The lowest BCUT2D eigenvalue weighted by molar-refractivity contribution is 0.0334. The van der Waals surface area contributed by atoms with E-state index >= 15 is 0 Å². The number of benzene rings is 1. The van der Waals surface area contributed by atoms with Gasteiger partial charge in [0.2, 0.25) is 5.95 Å². The third-order valence-corrected chi connectivity index (χ3v) is 5.38. The van der Waals surface area contributed by atoms with Crippen LogP contribution in [0, 0.1) is 0 Å². The molecule has 1 aliphatic heterocycles. The molecule has 1 atom stereocenters. The van der Waals surface area contributed by atoms with Gasteiger partial charge in [-0.05, 0) is 37.8 Å². The normalized spacial score (nSPS) is 16.3. The Bertz CT molecular complexity index is 1080. The van der Waals surface area contributed by atoms with Crippen LogP contribution in [0.1, 0.15) is 25.3 Å². The first-order valence-electron chi connectivity index (χ1n) is 10.6. The Morgan fingerprint density at radius 3 is 2.81 bits per heavy atom. The maximum Gasteiger partial charge on any atom is 0.259 e. The average Bonchev–Trinajstić information content (AvgIpc) is 2.80. The highest BCUT2D eigenvalue weighted by molar-refractivity contribution is 5.58. The minimum Gasteiger partial charge on any atom is -0.375 e. The maximum absolute atomic E-state index is 12.9. The van der Waals surface area contributed by atoms with Gasteiger partial charge in [0.05, 0.1) is 24.1 Å². The highest BCUT2D eigenvalue weighted by Gasteiger charge is 2.25. The first kappa shape index (κ1) is 20.9. The zero-order valence-corrected chi connectivity index (χ0v) is 17.8. The predicted molar refractivity (Wildman–Crippen MR) is 122 cm³/mol. The van der Waals surface area contributed by atoms with E-state index < -0.39 is 0 Å². The largest absolute Gasteiger partial charge is 0.375 e. The van der Waals surface area contributed by atoms with Crippen molar-refractivity contribution < 1.29 is 4.74 Å². The Morgan fingerprint density at radius 1 is 1.23 bits per heavy atom. The lowest BCUT2D eigenvalue weighted by Crippen LogP contribution is -2.45. The third kappa shape index (κ3) is 5.06. The van der Waals surface area contributed by atoms with Gasteiger partial charge < -0.3 is 9.64 Å². The van der Waals surface area contributed by atoms with E-state index in [1.165, 1.54) is 18.0 Å². The second kappa shape index (κ2) is 9.66. The molecule has 1 aliphatic rings. The number of anilines is 1. The number of morpholine rings is 1. The smallest absolute Gasteiger partial charge is 0.259 e. The van der Waals surface area contributed by atoms with Crippen molar-refractivity contribution in [3.8, 4) is 11.4 Å². The fourth-order valence-corrected chi connectivity index (χ4v) is 3.87. The minimum atomic E-state index is -0.168. The van der Waals surface area contributed by atoms with Crippen LogP contribution in [-0.4, -0.2) is 45.3 Å². The quantitative estimate of drug-likeness (QED) is 0.587. The molecule has 7 heteroatoms. The summed E-state index contributed by atoms with van der Waals surface area (Å²) in [5, 5.41) is 0. The monoisotopic (exact) mass is 417 g/mol. The van der Waals surface area contributed by atoms with Crippen molar-refractivity contribution in [1.82, 2.24) is 19.5 Å². The van der Waals surface area contributed by atoms with Crippen LogP contribution in [0.4, 0.5) is 5.95 Å². The van der Waals surface area contributed by atoms with Gasteiger partial charge in [0.25, 0.3) is 5.56 Å². The number of ether oxygens (including phenoxy) is 1. The molecule has 0 spiro atoms. The van der Waals surface area contributed by atoms with Crippen LogP contribution < -0.4 is 10.5 Å². The molecule has 0 N–H and O–H groups in total. The second-order valence-electron chi connectivity index (χ2n) is 7.76. The van der Waals surface area contributed by atoms with Gasteiger partial charge >= 0.3 is 0 Å². The van der Waals surface area contributed by atoms with E-state index in [0.717, 1.165) is 19.3 Å². The Kier molecular flexibility index (Phi) is 6.52. The summed E-state index contributed by atoms with van der Waals surface area (Å²) in [7, 11) is 0. The molecule has 1 saturated heterocycles. The van der Waals surface area contributed by atoms with Gasteiger partial charge in [0, 0.05) is 31.0 Å². The molecule has 31 heavy (non-hydrogen) atoms. The molecule has 3 heterocycles. The predicted octanol–water partition coefficient (Wildman–Crippen LogP) is 3.42. The molecule has 2 aromatic heterocycles. The molecule has 0 aliphatic carbocycles. The first-order chi connectivity index (χ1) is 15.1. The van der Waals surface area contributed by atoms with Crippen LogP contribution in [-0.2, 0) is 11.2 Å². The van der Waals surface area contributed by atoms with E-state index in [1.807, 2.05) is 13.0 Å². The van der Waals surface area contributed by atoms with Crippen molar-refractivity contribution in [1.29, 1.82) is 0 Å². The van der Waals surface area contributed by atoms with Crippen LogP contribution >= 0.6 is 0 Å². The Hall–Kier alpha value is -3.32. The fourth-order valence-electron chi connectivity index (χ4n) is 3.87. The molecule has 7 nitrogen and oxygen atoms in total. The fraction of sp³-hybridized carbons (Fsp3) is 0.333. The summed E-state index contributed by atoms with van der Waals surface area (Å²) in [6.07, 6.45) is 6.22. The SMILES string of the molecule is C=C(C)n1c(N2CCOC(CCCc3ccccc3)C2)nc(-c2ccncn2)cc1=O. The standard InChI is InChI=1S/C24H27N5O2/c1-18(2)29-23(30)15-22(21-11-12-25-17-26-21)27-24(29)28-13-14-31-20(16-28)10-6-9-19-7-4-3-5-8-19/h3-5,7-8,11-12,15,17,20H,1,6,9-10,13-14,16H2,2H3. The number of nitrogens with zero attached hydrogens (tertiary/aromatic N) is 5. The van der Waals surface area contributed by atoms with Gasteiger partial charge in [0.1, 0.15) is 6.33 Å². The van der Waals surface area contributed by atoms with Gasteiger partial charge in [-0.2, -0.15) is 0 Å². The summed E-state index contributed by atoms with van der Waals surface area (Å²) in [6, 6.07) is 13.7. The molecule has 0 bridgehead atoms. The second-order valence-corrected chi connectivity index (χ2v) is 7.76. The maximum atomic E-state index is 12.9. The lowest BCUT2D eigenvalue weighted by atomic mass is 10.1. The summed E-state index contributed by atoms with van der Waals surface area (Å²) in [5.74, 6) is 0.588. The summed E-state index contributed by atoms with van der Waals surface area (Å²) in [6.45, 7) is 7.75. The number of allylic oxidation sites excluding steroid dienone is 1. The van der Waals surface area contributed by atoms with Crippen molar-refractivity contribution in [3.05, 3.63) is 77.5 Å². The first-order valence-corrected chi connectivity index (χ1v) is 10.6. The summed E-state index contributed by atoms with van der Waals surface area (Å²) >= 11 is 0. The van der Waals surface area contributed by atoms with Crippen LogP contribution in [0.5, 0.6) is 0 Å². The van der Waals surface area contributed by atoms with E-state index in [9.17, 15) is 4.79 Å². The van der Waals surface area contributed by atoms with Gasteiger partial charge in [-0.3, -0.25) is 9.36 Å². The molecule has 1 unspecified atom stereocenters. The number of aromatic nitrogens is 4. The highest BCUT2D eigenvalue weighted by Crippen LogP contribution is 2.22. The lowest BCUT2D eigenvalue weighted by Gasteiger charge is -2.35. The van der Waals surface area contributed by atoms with Gasteiger partial charge in [0.15, 0.2) is 0 Å². The average molecular weight is 418 g/mol. The molecular formula is C24H27N5O2. The van der Waals surface area contributed by atoms with Crippen molar-refractivity contribution in [3.63, 3.8) is 0 Å². The Labute approximate surface area is 182 Å². The van der Waals surface area contributed by atoms with Gasteiger partial charge in [-0.25, -0.2) is 15.0 Å². The van der Waals surface area contributed by atoms with E-state index in [0.29, 0.717) is 42.7 Å². The molecular weight excluding hydrogens is 390 g/mol. The molecule has 0 radical (unpaired) electrons. The molecule has 3 aromatic rings. The summed E-state index contributed by atoms with van der Waals surface area (Å²) in [5.41, 5.74) is 2.96. The van der Waals surface area contributed by atoms with Crippen molar-refractivity contribution >= 4 is 11.6 Å². The van der Waals surface area contributed by atoms with Crippen LogP contribution in [0.3, 0.4) is 0 Å². The van der Waals surface area contributed by atoms with Gasteiger partial charge in [-0.1, -0.05) is 36.9 Å². The molecule has 4 rings (SSSR count). The van der Waals surface area contributed by atoms with Crippen molar-refractivity contribution in [2.24, 2.45) is 0 Å².